The van der Waals surface area contributed by atoms with Gasteiger partial charge >= 0.3 is 0 Å². The van der Waals surface area contributed by atoms with Crippen molar-refractivity contribution in [3.8, 4) is 0 Å². The lowest BCUT2D eigenvalue weighted by molar-refractivity contribution is 0.350. The lowest BCUT2D eigenvalue weighted by Crippen LogP contribution is -2.26. The first-order chi connectivity index (χ1) is 7.41. The van der Waals surface area contributed by atoms with Gasteiger partial charge in [-0.3, -0.25) is 0 Å². The number of hydrogen-bond donors (Lipinski definition) is 0. The number of hydrogen-bond acceptors (Lipinski definition) is 2. The summed E-state index contributed by atoms with van der Waals surface area (Å²) < 4.78 is 0.663. The van der Waals surface area contributed by atoms with E-state index in [-0.39, 0.29) is 0 Å². The van der Waals surface area contributed by atoms with Crippen molar-refractivity contribution >= 4 is 23.5 Å². The van der Waals surface area contributed by atoms with Gasteiger partial charge in [-0.1, -0.05) is 12.2 Å². The van der Waals surface area contributed by atoms with E-state index in [0.717, 1.165) is 11.8 Å². The van der Waals surface area contributed by atoms with Crippen molar-refractivity contribution in [3.63, 3.8) is 0 Å². The van der Waals surface area contributed by atoms with Crippen LogP contribution in [0.2, 0.25) is 0 Å². The molecule has 15 heavy (non-hydrogen) atoms. The second-order valence-corrected chi connectivity index (χ2v) is 8.16. The molecule has 2 fully saturated rings. The molecule has 0 N–H and O–H groups in total. The SMILES string of the molecule is C1=C\C[C@H]2CCC3(SCCS3)[C@@H]2CCC/1. The smallest absolute Gasteiger partial charge is 0.0642 e. The van der Waals surface area contributed by atoms with E-state index in [2.05, 4.69) is 35.7 Å². The van der Waals surface area contributed by atoms with Gasteiger partial charge in [-0.05, 0) is 50.4 Å². The Hall–Kier alpha value is 0.440. The van der Waals surface area contributed by atoms with Gasteiger partial charge in [0.05, 0.1) is 4.08 Å². The molecule has 1 aliphatic heterocycles. The Labute approximate surface area is 102 Å². The molecule has 2 heteroatoms. The minimum absolute atomic E-state index is 0.663. The molecule has 2 atom stereocenters. The molecule has 0 bridgehead atoms. The van der Waals surface area contributed by atoms with Crippen molar-refractivity contribution in [2.45, 2.75) is 42.6 Å². The molecule has 1 spiro atoms. The lowest BCUT2D eigenvalue weighted by Gasteiger charge is -2.33. The Balaban J connectivity index is 1.80. The Morgan fingerprint density at radius 3 is 2.80 bits per heavy atom. The van der Waals surface area contributed by atoms with Crippen molar-refractivity contribution < 1.29 is 0 Å². The van der Waals surface area contributed by atoms with Crippen LogP contribution in [0.15, 0.2) is 12.2 Å². The third-order valence-corrected chi connectivity index (χ3v) is 8.04. The number of rotatable bonds is 0. The predicted octanol–water partition coefficient (Wildman–Crippen LogP) is 4.32. The molecule has 1 saturated heterocycles. The van der Waals surface area contributed by atoms with Crippen molar-refractivity contribution in [3.05, 3.63) is 12.2 Å². The first kappa shape index (κ1) is 10.6. The molecule has 0 aromatic heterocycles. The maximum absolute atomic E-state index is 2.46. The van der Waals surface area contributed by atoms with Gasteiger partial charge in [0.1, 0.15) is 0 Å². The first-order valence-corrected chi connectivity index (χ1v) is 8.31. The fraction of sp³-hybridized carbons (Fsp3) is 0.846. The summed E-state index contributed by atoms with van der Waals surface area (Å²) in [4.78, 5) is 0. The lowest BCUT2D eigenvalue weighted by atomic mass is 9.86. The van der Waals surface area contributed by atoms with E-state index < -0.39 is 0 Å². The van der Waals surface area contributed by atoms with Crippen molar-refractivity contribution in [2.24, 2.45) is 11.8 Å². The standard InChI is InChI=1S/C13H20S2/c1-2-4-6-12-11(5-3-1)7-8-13(12)14-9-10-15-13/h1,3,11-12H,2,4-10H2/b3-1-/t11-,12+/m0/s1. The Bertz CT molecular complexity index is 253. The highest BCUT2D eigenvalue weighted by molar-refractivity contribution is 8.21. The second-order valence-electron chi connectivity index (χ2n) is 5.05. The van der Waals surface area contributed by atoms with E-state index in [1.54, 1.807) is 0 Å². The van der Waals surface area contributed by atoms with Crippen molar-refractivity contribution in [1.82, 2.24) is 0 Å². The first-order valence-electron chi connectivity index (χ1n) is 6.34. The zero-order valence-corrected chi connectivity index (χ0v) is 10.9. The van der Waals surface area contributed by atoms with Crippen LogP contribution in [0.3, 0.4) is 0 Å². The summed E-state index contributed by atoms with van der Waals surface area (Å²) in [5, 5.41) is 0. The van der Waals surface area contributed by atoms with Gasteiger partial charge in [0.15, 0.2) is 0 Å². The van der Waals surface area contributed by atoms with Crippen LogP contribution in [0, 0.1) is 11.8 Å². The molecule has 3 aliphatic rings. The molecule has 0 unspecified atom stereocenters. The fourth-order valence-electron chi connectivity index (χ4n) is 3.54. The van der Waals surface area contributed by atoms with Crippen molar-refractivity contribution in [2.75, 3.05) is 11.5 Å². The zero-order valence-electron chi connectivity index (χ0n) is 9.28. The average molecular weight is 240 g/mol. The monoisotopic (exact) mass is 240 g/mol. The van der Waals surface area contributed by atoms with Crippen LogP contribution in [-0.4, -0.2) is 15.6 Å². The molecule has 1 saturated carbocycles. The maximum atomic E-state index is 2.46. The van der Waals surface area contributed by atoms with Crippen molar-refractivity contribution in [1.29, 1.82) is 0 Å². The van der Waals surface area contributed by atoms with Gasteiger partial charge in [-0.2, -0.15) is 0 Å². The number of allylic oxidation sites excluding steroid dienone is 2. The summed E-state index contributed by atoms with van der Waals surface area (Å²) in [5.74, 6) is 4.85. The fourth-order valence-corrected chi connectivity index (χ4v) is 7.31. The highest BCUT2D eigenvalue weighted by Gasteiger charge is 2.50. The predicted molar refractivity (Wildman–Crippen MR) is 71.5 cm³/mol. The molecule has 84 valence electrons. The van der Waals surface area contributed by atoms with Crippen LogP contribution < -0.4 is 0 Å². The van der Waals surface area contributed by atoms with E-state index in [1.165, 1.54) is 50.0 Å². The quantitative estimate of drug-likeness (QED) is 0.578. The molecule has 2 aliphatic carbocycles. The normalized spacial score (nSPS) is 41.1. The number of fused-ring (bicyclic) bond motifs is 2. The number of thioether (sulfide) groups is 2. The third kappa shape index (κ3) is 1.88. The molecule has 0 amide bonds. The Morgan fingerprint density at radius 1 is 1.07 bits per heavy atom. The molecule has 0 aromatic rings. The topological polar surface area (TPSA) is 0 Å². The molecule has 1 heterocycles. The van der Waals surface area contributed by atoms with Gasteiger partial charge in [0.25, 0.3) is 0 Å². The largest absolute Gasteiger partial charge is 0.143 e. The van der Waals surface area contributed by atoms with Crippen LogP contribution in [-0.2, 0) is 0 Å². The van der Waals surface area contributed by atoms with E-state index in [0.29, 0.717) is 4.08 Å². The van der Waals surface area contributed by atoms with Crippen LogP contribution in [0.1, 0.15) is 38.5 Å². The summed E-state index contributed by atoms with van der Waals surface area (Å²) >= 11 is 4.59. The van der Waals surface area contributed by atoms with Gasteiger partial charge in [-0.15, -0.1) is 23.5 Å². The third-order valence-electron chi connectivity index (χ3n) is 4.27. The minimum Gasteiger partial charge on any atom is -0.143 e. The van der Waals surface area contributed by atoms with E-state index in [9.17, 15) is 0 Å². The van der Waals surface area contributed by atoms with Crippen LogP contribution in [0.4, 0.5) is 0 Å². The van der Waals surface area contributed by atoms with E-state index >= 15 is 0 Å². The molecule has 0 radical (unpaired) electrons. The maximum Gasteiger partial charge on any atom is 0.0642 e. The summed E-state index contributed by atoms with van der Waals surface area (Å²) in [7, 11) is 0. The highest BCUT2D eigenvalue weighted by atomic mass is 32.2. The summed E-state index contributed by atoms with van der Waals surface area (Å²) in [5.41, 5.74) is 0. The Morgan fingerprint density at radius 2 is 1.93 bits per heavy atom. The summed E-state index contributed by atoms with van der Waals surface area (Å²) in [6.45, 7) is 0. The molecule has 0 aromatic carbocycles. The van der Waals surface area contributed by atoms with Crippen LogP contribution in [0.5, 0.6) is 0 Å². The van der Waals surface area contributed by atoms with Gasteiger partial charge < -0.3 is 0 Å². The van der Waals surface area contributed by atoms with Gasteiger partial charge in [0.2, 0.25) is 0 Å². The Kier molecular flexibility index (Phi) is 3.08. The van der Waals surface area contributed by atoms with Crippen LogP contribution >= 0.6 is 23.5 Å². The zero-order chi connectivity index (χ0) is 10.1. The molecule has 3 rings (SSSR count). The van der Waals surface area contributed by atoms with Gasteiger partial charge in [-0.25, -0.2) is 0 Å². The molecule has 0 nitrogen and oxygen atoms in total. The van der Waals surface area contributed by atoms with E-state index in [4.69, 9.17) is 0 Å². The van der Waals surface area contributed by atoms with E-state index in [1.807, 2.05) is 0 Å². The summed E-state index contributed by atoms with van der Waals surface area (Å²) in [6.07, 6.45) is 13.5. The van der Waals surface area contributed by atoms with Crippen LogP contribution in [0.25, 0.3) is 0 Å². The summed E-state index contributed by atoms with van der Waals surface area (Å²) in [6, 6.07) is 0. The highest BCUT2D eigenvalue weighted by Crippen LogP contribution is 2.61. The molecular weight excluding hydrogens is 220 g/mol. The average Bonchev–Trinajstić information content (AvgIpc) is 2.77. The minimum atomic E-state index is 0.663. The second kappa shape index (κ2) is 4.37. The molecular formula is C13H20S2. The van der Waals surface area contributed by atoms with Gasteiger partial charge in [0, 0.05) is 11.5 Å².